The molecule has 0 aliphatic carbocycles. The lowest BCUT2D eigenvalue weighted by Gasteiger charge is -2.09. The van der Waals surface area contributed by atoms with Gasteiger partial charge in [0, 0.05) is 12.1 Å². The molecule has 0 radical (unpaired) electrons. The van der Waals surface area contributed by atoms with Crippen LogP contribution < -0.4 is 5.32 Å². The summed E-state index contributed by atoms with van der Waals surface area (Å²) in [6.45, 7) is -0.776. The van der Waals surface area contributed by atoms with Crippen molar-refractivity contribution in [3.8, 4) is 0 Å². The highest BCUT2D eigenvalue weighted by Gasteiger charge is 2.18. The van der Waals surface area contributed by atoms with Gasteiger partial charge in [-0.05, 0) is 18.2 Å². The second-order valence-electron chi connectivity index (χ2n) is 4.79. The van der Waals surface area contributed by atoms with Crippen LogP contribution in [0.15, 0.2) is 30.3 Å². The van der Waals surface area contributed by atoms with Crippen molar-refractivity contribution in [3.05, 3.63) is 67.7 Å². The molecule has 0 unspecified atom stereocenters. The molecule has 2 aromatic rings. The highest BCUT2D eigenvalue weighted by atomic mass is 35.5. The van der Waals surface area contributed by atoms with Crippen molar-refractivity contribution < 1.29 is 28.0 Å². The van der Waals surface area contributed by atoms with Gasteiger partial charge in [-0.2, -0.15) is 0 Å². The van der Waals surface area contributed by atoms with Crippen LogP contribution in [0.3, 0.4) is 0 Å². The van der Waals surface area contributed by atoms with Crippen LogP contribution in [0, 0.1) is 21.7 Å². The molecule has 0 saturated carbocycles. The molecular weight excluding hydrogens is 397 g/mol. The zero-order valence-corrected chi connectivity index (χ0v) is 14.1. The number of carbonyl (C=O) groups excluding carboxylic acids is 2. The molecule has 11 heteroatoms. The first kappa shape index (κ1) is 19.5. The van der Waals surface area contributed by atoms with E-state index >= 15 is 0 Å². The van der Waals surface area contributed by atoms with Gasteiger partial charge < -0.3 is 10.1 Å². The van der Waals surface area contributed by atoms with Crippen molar-refractivity contribution in [3.63, 3.8) is 0 Å². The second-order valence-corrected chi connectivity index (χ2v) is 5.61. The number of nitro groups is 1. The summed E-state index contributed by atoms with van der Waals surface area (Å²) >= 11 is 11.4. The molecule has 1 amide bonds. The summed E-state index contributed by atoms with van der Waals surface area (Å²) in [5.41, 5.74) is -0.664. The van der Waals surface area contributed by atoms with Gasteiger partial charge in [0.2, 0.25) is 0 Å². The molecule has 0 spiro atoms. The van der Waals surface area contributed by atoms with Crippen molar-refractivity contribution in [2.75, 3.05) is 11.9 Å². The number of non-ortho nitro benzene ring substituents is 1. The molecule has 0 heterocycles. The van der Waals surface area contributed by atoms with Crippen LogP contribution in [0.5, 0.6) is 0 Å². The lowest BCUT2D eigenvalue weighted by atomic mass is 10.2. The summed E-state index contributed by atoms with van der Waals surface area (Å²) in [6, 6.07) is 4.50. The Morgan fingerprint density at radius 1 is 1.12 bits per heavy atom. The molecule has 0 saturated heterocycles. The molecule has 0 bridgehead atoms. The van der Waals surface area contributed by atoms with Gasteiger partial charge in [0.1, 0.15) is 0 Å². The number of ether oxygens (including phenoxy) is 1. The predicted octanol–water partition coefficient (Wildman–Crippen LogP) is 3.98. The number of hydrogen-bond donors (Lipinski definition) is 1. The van der Waals surface area contributed by atoms with Gasteiger partial charge in [-0.15, -0.1) is 0 Å². The number of nitrogens with one attached hydrogen (secondary N) is 1. The summed E-state index contributed by atoms with van der Waals surface area (Å²) in [6.07, 6.45) is 0. The number of nitrogens with zero attached hydrogens (tertiary/aromatic N) is 1. The third kappa shape index (κ3) is 4.64. The fraction of sp³-hybridized carbons (Fsp3) is 0.0667. The minimum absolute atomic E-state index is 0.0594. The molecule has 0 fully saturated rings. The highest BCUT2D eigenvalue weighted by Crippen LogP contribution is 2.26. The van der Waals surface area contributed by atoms with Crippen LogP contribution in [0.1, 0.15) is 10.4 Å². The molecule has 0 aliphatic heterocycles. The van der Waals surface area contributed by atoms with E-state index in [1.165, 1.54) is 6.07 Å². The number of benzene rings is 2. The number of anilines is 1. The number of nitro benzene ring substituents is 1. The van der Waals surface area contributed by atoms with Crippen molar-refractivity contribution in [1.29, 1.82) is 0 Å². The van der Waals surface area contributed by atoms with E-state index in [9.17, 15) is 28.5 Å². The van der Waals surface area contributed by atoms with Crippen molar-refractivity contribution in [2.24, 2.45) is 0 Å². The Balaban J connectivity index is 2.00. The molecule has 136 valence electrons. The summed E-state index contributed by atoms with van der Waals surface area (Å²) in [4.78, 5) is 33.5. The first-order chi connectivity index (χ1) is 12.2. The molecule has 0 atom stereocenters. The zero-order valence-electron chi connectivity index (χ0n) is 12.6. The van der Waals surface area contributed by atoms with Crippen LogP contribution in [0.2, 0.25) is 10.0 Å². The van der Waals surface area contributed by atoms with Gasteiger partial charge >= 0.3 is 5.97 Å². The quantitative estimate of drug-likeness (QED) is 0.351. The van der Waals surface area contributed by atoms with E-state index in [2.05, 4.69) is 10.1 Å². The van der Waals surface area contributed by atoms with E-state index < -0.39 is 40.6 Å². The standard InChI is InChI=1S/C15H8Cl2F2N2O5/c16-9-5-12(19)11(18)4-8(9)15(23)26-6-14(22)20-13-2-1-7(21(24)25)3-10(13)17/h1-5H,6H2,(H,20,22). The van der Waals surface area contributed by atoms with Crippen LogP contribution in [-0.2, 0) is 9.53 Å². The number of carbonyl (C=O) groups is 2. The average Bonchev–Trinajstić information content (AvgIpc) is 2.57. The Morgan fingerprint density at radius 3 is 2.38 bits per heavy atom. The molecule has 0 aliphatic rings. The number of esters is 1. The van der Waals surface area contributed by atoms with E-state index in [0.29, 0.717) is 12.1 Å². The van der Waals surface area contributed by atoms with Crippen LogP contribution in [0.25, 0.3) is 0 Å². The SMILES string of the molecule is O=C(COC(=O)c1cc(F)c(F)cc1Cl)Nc1ccc([N+](=O)[O-])cc1Cl. The van der Waals surface area contributed by atoms with Gasteiger partial charge in [0.25, 0.3) is 11.6 Å². The average molecular weight is 405 g/mol. The molecule has 2 rings (SSSR count). The number of amides is 1. The molecule has 26 heavy (non-hydrogen) atoms. The topological polar surface area (TPSA) is 98.5 Å². The number of hydrogen-bond acceptors (Lipinski definition) is 5. The lowest BCUT2D eigenvalue weighted by Crippen LogP contribution is -2.21. The van der Waals surface area contributed by atoms with E-state index in [0.717, 1.165) is 12.1 Å². The monoisotopic (exact) mass is 404 g/mol. The van der Waals surface area contributed by atoms with Gasteiger partial charge in [-0.3, -0.25) is 14.9 Å². The predicted molar refractivity (Wildman–Crippen MR) is 88.4 cm³/mol. The second kappa shape index (κ2) is 8.07. The maximum atomic E-state index is 13.2. The van der Waals surface area contributed by atoms with E-state index in [1.54, 1.807) is 0 Å². The largest absolute Gasteiger partial charge is 0.452 e. The third-order valence-electron chi connectivity index (χ3n) is 3.00. The summed E-state index contributed by atoms with van der Waals surface area (Å²) < 4.78 is 30.8. The molecule has 0 aromatic heterocycles. The normalized spacial score (nSPS) is 10.3. The van der Waals surface area contributed by atoms with E-state index in [-0.39, 0.29) is 21.4 Å². The minimum Gasteiger partial charge on any atom is -0.452 e. The Bertz CT molecular complexity index is 908. The number of rotatable bonds is 5. The van der Waals surface area contributed by atoms with Crippen LogP contribution in [-0.4, -0.2) is 23.4 Å². The summed E-state index contributed by atoms with van der Waals surface area (Å²) in [7, 11) is 0. The van der Waals surface area contributed by atoms with Crippen molar-refractivity contribution in [1.82, 2.24) is 0 Å². The summed E-state index contributed by atoms with van der Waals surface area (Å²) in [5, 5.41) is 12.4. The van der Waals surface area contributed by atoms with Gasteiger partial charge in [-0.25, -0.2) is 13.6 Å². The molecule has 1 N–H and O–H groups in total. The maximum Gasteiger partial charge on any atom is 0.340 e. The van der Waals surface area contributed by atoms with E-state index in [4.69, 9.17) is 23.2 Å². The van der Waals surface area contributed by atoms with Gasteiger partial charge in [-0.1, -0.05) is 23.2 Å². The van der Waals surface area contributed by atoms with Crippen molar-refractivity contribution in [2.45, 2.75) is 0 Å². The van der Waals surface area contributed by atoms with Gasteiger partial charge in [0.15, 0.2) is 18.2 Å². The molecular formula is C15H8Cl2F2N2O5. The fourth-order valence-electron chi connectivity index (χ4n) is 1.79. The smallest absolute Gasteiger partial charge is 0.340 e. The number of halogens is 4. The fourth-order valence-corrected chi connectivity index (χ4v) is 2.24. The van der Waals surface area contributed by atoms with Crippen LogP contribution >= 0.6 is 23.2 Å². The Labute approximate surface area is 154 Å². The lowest BCUT2D eigenvalue weighted by molar-refractivity contribution is -0.384. The summed E-state index contributed by atoms with van der Waals surface area (Å²) in [5.74, 6) is -4.49. The Morgan fingerprint density at radius 2 is 1.77 bits per heavy atom. The molecule has 2 aromatic carbocycles. The molecule has 7 nitrogen and oxygen atoms in total. The van der Waals surface area contributed by atoms with Crippen molar-refractivity contribution >= 4 is 46.5 Å². The van der Waals surface area contributed by atoms with Gasteiger partial charge in [0.05, 0.1) is 26.2 Å². The Kier molecular flexibility index (Phi) is 6.06. The van der Waals surface area contributed by atoms with Crippen LogP contribution in [0.4, 0.5) is 20.2 Å². The first-order valence-electron chi connectivity index (χ1n) is 6.74. The Hall–Kier alpha value is -2.78. The first-order valence-corrected chi connectivity index (χ1v) is 7.50. The maximum absolute atomic E-state index is 13.2. The van der Waals surface area contributed by atoms with E-state index in [1.807, 2.05) is 0 Å². The zero-order chi connectivity index (χ0) is 19.4. The minimum atomic E-state index is -1.30. The highest BCUT2D eigenvalue weighted by molar-refractivity contribution is 6.34. The third-order valence-corrected chi connectivity index (χ3v) is 3.63.